The molecule has 0 spiro atoms. The highest BCUT2D eigenvalue weighted by atomic mass is 35.5. The Hall–Kier alpha value is 0.200. The molecule has 0 aliphatic heterocycles. The third-order valence-corrected chi connectivity index (χ3v) is 5.18. The van der Waals surface area contributed by atoms with Gasteiger partial charge in [-0.3, -0.25) is 0 Å². The van der Waals surface area contributed by atoms with Crippen molar-refractivity contribution in [3.8, 4) is 0 Å². The lowest BCUT2D eigenvalue weighted by atomic mass is 9.89. The molecule has 90 valence electrons. The Bertz CT molecular complexity index is 284. The molecular weight excluding hydrogens is 234 g/mol. The fourth-order valence-corrected chi connectivity index (χ4v) is 3.66. The first kappa shape index (κ1) is 13.3. The van der Waals surface area contributed by atoms with E-state index >= 15 is 0 Å². The fourth-order valence-electron chi connectivity index (χ4n) is 2.09. The summed E-state index contributed by atoms with van der Waals surface area (Å²) >= 11 is 5.94. The van der Waals surface area contributed by atoms with E-state index in [1.165, 1.54) is 12.8 Å². The zero-order valence-electron chi connectivity index (χ0n) is 9.26. The van der Waals surface area contributed by atoms with Crippen molar-refractivity contribution in [3.05, 3.63) is 0 Å². The largest absolute Gasteiger partial charge is 0.215 e. The molecule has 0 aromatic heterocycles. The van der Waals surface area contributed by atoms with Gasteiger partial charge in [0.25, 0.3) is 0 Å². The lowest BCUT2D eigenvalue weighted by molar-refractivity contribution is 0.342. The molecule has 1 fully saturated rings. The molecule has 1 rings (SSSR count). The second-order valence-electron chi connectivity index (χ2n) is 4.48. The lowest BCUT2D eigenvalue weighted by Gasteiger charge is -2.26. The second-order valence-corrected chi connectivity index (χ2v) is 6.67. The highest BCUT2D eigenvalue weighted by Gasteiger charge is 2.33. The van der Waals surface area contributed by atoms with Crippen LogP contribution in [-0.4, -0.2) is 26.6 Å². The molecule has 0 unspecified atom stereocenters. The Morgan fingerprint density at radius 2 is 1.93 bits per heavy atom. The SMILES string of the molecule is CCCS(=O)(=O)NCC1(CCl)CCCC1. The maximum Gasteiger partial charge on any atom is 0.211 e. The van der Waals surface area contributed by atoms with Crippen LogP contribution in [0, 0.1) is 5.41 Å². The minimum atomic E-state index is -3.08. The number of halogens is 1. The molecular formula is C10H20ClNO2S. The van der Waals surface area contributed by atoms with Gasteiger partial charge in [-0.25, -0.2) is 13.1 Å². The molecule has 5 heteroatoms. The van der Waals surface area contributed by atoms with Gasteiger partial charge in [-0.05, 0) is 24.7 Å². The van der Waals surface area contributed by atoms with E-state index in [0.29, 0.717) is 18.8 Å². The van der Waals surface area contributed by atoms with Crippen molar-refractivity contribution in [3.63, 3.8) is 0 Å². The predicted octanol–water partition coefficient (Wildman–Crippen LogP) is 2.12. The van der Waals surface area contributed by atoms with Crippen molar-refractivity contribution in [2.45, 2.75) is 39.0 Å². The van der Waals surface area contributed by atoms with E-state index in [2.05, 4.69) is 4.72 Å². The number of rotatable bonds is 6. The summed E-state index contributed by atoms with van der Waals surface area (Å²) in [6.07, 6.45) is 5.09. The van der Waals surface area contributed by atoms with Gasteiger partial charge in [0.1, 0.15) is 0 Å². The summed E-state index contributed by atoms with van der Waals surface area (Å²) in [7, 11) is -3.08. The summed E-state index contributed by atoms with van der Waals surface area (Å²) < 4.78 is 25.7. The van der Waals surface area contributed by atoms with E-state index in [4.69, 9.17) is 11.6 Å². The van der Waals surface area contributed by atoms with Gasteiger partial charge in [0.05, 0.1) is 5.75 Å². The first-order valence-electron chi connectivity index (χ1n) is 5.57. The van der Waals surface area contributed by atoms with Gasteiger partial charge in [-0.2, -0.15) is 0 Å². The molecule has 15 heavy (non-hydrogen) atoms. The van der Waals surface area contributed by atoms with Crippen molar-refractivity contribution < 1.29 is 8.42 Å². The van der Waals surface area contributed by atoms with E-state index in [1.807, 2.05) is 6.92 Å². The van der Waals surface area contributed by atoms with Crippen LogP contribution in [-0.2, 0) is 10.0 Å². The molecule has 0 radical (unpaired) electrons. The van der Waals surface area contributed by atoms with Gasteiger partial charge in [0.15, 0.2) is 0 Å². The smallest absolute Gasteiger partial charge is 0.211 e. The third kappa shape index (κ3) is 3.93. The number of hydrogen-bond donors (Lipinski definition) is 1. The average molecular weight is 254 g/mol. The van der Waals surface area contributed by atoms with Gasteiger partial charge in [0, 0.05) is 12.4 Å². The molecule has 0 aromatic rings. The molecule has 3 nitrogen and oxygen atoms in total. The van der Waals surface area contributed by atoms with Crippen LogP contribution in [0.2, 0.25) is 0 Å². The van der Waals surface area contributed by atoms with Gasteiger partial charge < -0.3 is 0 Å². The van der Waals surface area contributed by atoms with Crippen molar-refractivity contribution in [2.75, 3.05) is 18.2 Å². The van der Waals surface area contributed by atoms with E-state index in [9.17, 15) is 8.42 Å². The molecule has 0 bridgehead atoms. The average Bonchev–Trinajstić information content (AvgIpc) is 2.64. The van der Waals surface area contributed by atoms with Crippen LogP contribution in [0.25, 0.3) is 0 Å². The Balaban J connectivity index is 2.47. The normalized spacial score (nSPS) is 20.7. The topological polar surface area (TPSA) is 46.2 Å². The standard InChI is InChI=1S/C10H20ClNO2S/c1-2-7-15(13,14)12-9-10(8-11)5-3-4-6-10/h12H,2-9H2,1H3. The maximum atomic E-state index is 11.5. The highest BCUT2D eigenvalue weighted by Crippen LogP contribution is 2.38. The lowest BCUT2D eigenvalue weighted by Crippen LogP contribution is -2.38. The highest BCUT2D eigenvalue weighted by molar-refractivity contribution is 7.89. The zero-order valence-corrected chi connectivity index (χ0v) is 10.8. The Kier molecular flexibility index (Phi) is 4.87. The first-order chi connectivity index (χ1) is 7.04. The van der Waals surface area contributed by atoms with Crippen LogP contribution in [0.5, 0.6) is 0 Å². The minimum Gasteiger partial charge on any atom is -0.215 e. The molecule has 1 N–H and O–H groups in total. The molecule has 1 aliphatic carbocycles. The van der Waals surface area contributed by atoms with Crippen LogP contribution in [0.3, 0.4) is 0 Å². The number of sulfonamides is 1. The monoisotopic (exact) mass is 253 g/mol. The molecule has 0 atom stereocenters. The van der Waals surface area contributed by atoms with Crippen molar-refractivity contribution in [1.29, 1.82) is 0 Å². The summed E-state index contributed by atoms with van der Waals surface area (Å²) in [6.45, 7) is 2.38. The Labute approximate surface area is 97.6 Å². The zero-order chi connectivity index (χ0) is 11.4. The molecule has 0 heterocycles. The first-order valence-corrected chi connectivity index (χ1v) is 7.76. The Morgan fingerprint density at radius 1 is 1.33 bits per heavy atom. The minimum absolute atomic E-state index is 0.0162. The summed E-state index contributed by atoms with van der Waals surface area (Å²) in [4.78, 5) is 0. The fraction of sp³-hybridized carbons (Fsp3) is 1.00. The van der Waals surface area contributed by atoms with Crippen LogP contribution < -0.4 is 4.72 Å². The molecule has 1 aliphatic rings. The van der Waals surface area contributed by atoms with Gasteiger partial charge in [-0.1, -0.05) is 19.8 Å². The van der Waals surface area contributed by atoms with Crippen molar-refractivity contribution in [1.82, 2.24) is 4.72 Å². The molecule has 0 amide bonds. The second kappa shape index (κ2) is 5.51. The van der Waals surface area contributed by atoms with Gasteiger partial charge >= 0.3 is 0 Å². The predicted molar refractivity (Wildman–Crippen MR) is 63.7 cm³/mol. The van der Waals surface area contributed by atoms with E-state index in [1.54, 1.807) is 0 Å². The summed E-state index contributed by atoms with van der Waals surface area (Å²) in [5.41, 5.74) is 0.0162. The van der Waals surface area contributed by atoms with Crippen LogP contribution in [0.1, 0.15) is 39.0 Å². The molecule has 0 aromatic carbocycles. The maximum absolute atomic E-state index is 11.5. The van der Waals surface area contributed by atoms with Gasteiger partial charge in [0.2, 0.25) is 10.0 Å². The summed E-state index contributed by atoms with van der Waals surface area (Å²) in [5.74, 6) is 0.771. The quantitative estimate of drug-likeness (QED) is 0.737. The van der Waals surface area contributed by atoms with Crippen molar-refractivity contribution >= 4 is 21.6 Å². The van der Waals surface area contributed by atoms with Gasteiger partial charge in [-0.15, -0.1) is 11.6 Å². The van der Waals surface area contributed by atoms with Crippen LogP contribution >= 0.6 is 11.6 Å². The van der Waals surface area contributed by atoms with Crippen LogP contribution in [0.15, 0.2) is 0 Å². The van der Waals surface area contributed by atoms with Crippen molar-refractivity contribution in [2.24, 2.45) is 5.41 Å². The Morgan fingerprint density at radius 3 is 2.40 bits per heavy atom. The number of nitrogens with one attached hydrogen (secondary N) is 1. The van der Waals surface area contributed by atoms with E-state index in [-0.39, 0.29) is 11.2 Å². The van der Waals surface area contributed by atoms with Crippen LogP contribution in [0.4, 0.5) is 0 Å². The molecule has 1 saturated carbocycles. The third-order valence-electron chi connectivity index (χ3n) is 3.09. The van der Waals surface area contributed by atoms with E-state index < -0.39 is 10.0 Å². The number of alkyl halides is 1. The summed E-state index contributed by atoms with van der Waals surface area (Å²) in [5, 5.41) is 0. The molecule has 0 saturated heterocycles. The summed E-state index contributed by atoms with van der Waals surface area (Å²) in [6, 6.07) is 0. The van der Waals surface area contributed by atoms with E-state index in [0.717, 1.165) is 12.8 Å². The number of hydrogen-bond acceptors (Lipinski definition) is 2.